The molecule has 1 aromatic heterocycles. The lowest BCUT2D eigenvalue weighted by Gasteiger charge is -2.15. The Morgan fingerprint density at radius 3 is 2.75 bits per heavy atom. The van der Waals surface area contributed by atoms with Gasteiger partial charge in [-0.1, -0.05) is 23.9 Å². The number of nitriles is 1. The van der Waals surface area contributed by atoms with Crippen molar-refractivity contribution < 1.29 is 19.1 Å². The number of rotatable bonds is 7. The van der Waals surface area contributed by atoms with Crippen molar-refractivity contribution in [1.82, 2.24) is 4.98 Å². The van der Waals surface area contributed by atoms with Crippen molar-refractivity contribution in [1.29, 1.82) is 5.26 Å². The Morgan fingerprint density at radius 1 is 1.36 bits per heavy atom. The highest BCUT2D eigenvalue weighted by Crippen LogP contribution is 2.24. The van der Waals surface area contributed by atoms with Crippen molar-refractivity contribution >= 4 is 29.3 Å². The molecule has 0 aliphatic carbocycles. The number of H-pyrrole nitrogens is 1. The lowest BCUT2D eigenvalue weighted by Crippen LogP contribution is -2.30. The Labute approximate surface area is 165 Å². The van der Waals surface area contributed by atoms with Gasteiger partial charge in [-0.3, -0.25) is 14.4 Å². The summed E-state index contributed by atoms with van der Waals surface area (Å²) in [4.78, 5) is 38.4. The Morgan fingerprint density at radius 2 is 2.07 bits per heavy atom. The van der Waals surface area contributed by atoms with E-state index in [4.69, 9.17) is 9.47 Å². The molecule has 0 saturated carbocycles. The monoisotopic (exact) mass is 401 g/mol. The maximum absolute atomic E-state index is 12.2. The topological polar surface area (TPSA) is 121 Å². The van der Waals surface area contributed by atoms with E-state index in [9.17, 15) is 19.6 Å². The van der Waals surface area contributed by atoms with E-state index < -0.39 is 18.0 Å². The zero-order valence-electron chi connectivity index (χ0n) is 15.6. The molecule has 0 radical (unpaired) electrons. The van der Waals surface area contributed by atoms with Gasteiger partial charge in [0.2, 0.25) is 5.56 Å². The Bertz CT molecular complexity index is 980. The number of amides is 1. The summed E-state index contributed by atoms with van der Waals surface area (Å²) in [6.45, 7) is 3.09. The molecule has 1 heterocycles. The van der Waals surface area contributed by atoms with Crippen molar-refractivity contribution in [3.63, 3.8) is 0 Å². The number of para-hydroxylation sites is 2. The minimum Gasteiger partial charge on any atom is -0.495 e. The molecule has 2 aromatic rings. The predicted octanol–water partition coefficient (Wildman–Crippen LogP) is 2.23. The summed E-state index contributed by atoms with van der Waals surface area (Å²) in [5.74, 6) is -0.846. The molecule has 28 heavy (non-hydrogen) atoms. The normalized spacial score (nSPS) is 11.2. The third-order valence-electron chi connectivity index (χ3n) is 3.69. The molecule has 0 spiro atoms. The van der Waals surface area contributed by atoms with Gasteiger partial charge < -0.3 is 19.8 Å². The van der Waals surface area contributed by atoms with E-state index >= 15 is 0 Å². The maximum Gasteiger partial charge on any atom is 0.317 e. The first-order valence-corrected chi connectivity index (χ1v) is 9.24. The van der Waals surface area contributed by atoms with Gasteiger partial charge in [0.15, 0.2) is 6.10 Å². The molecule has 146 valence electrons. The molecule has 9 heteroatoms. The average molecular weight is 401 g/mol. The summed E-state index contributed by atoms with van der Waals surface area (Å²) >= 11 is 0.968. The fourth-order valence-electron chi connectivity index (χ4n) is 2.30. The van der Waals surface area contributed by atoms with Gasteiger partial charge in [0.05, 0.1) is 29.1 Å². The van der Waals surface area contributed by atoms with Gasteiger partial charge in [-0.05, 0) is 31.5 Å². The van der Waals surface area contributed by atoms with Crippen LogP contribution in [0, 0.1) is 18.3 Å². The van der Waals surface area contributed by atoms with Gasteiger partial charge in [0.1, 0.15) is 11.8 Å². The molecule has 0 bridgehead atoms. The fourth-order valence-corrected chi connectivity index (χ4v) is 3.16. The lowest BCUT2D eigenvalue weighted by atomic mass is 10.2. The number of hydrogen-bond donors (Lipinski definition) is 2. The van der Waals surface area contributed by atoms with E-state index in [-0.39, 0.29) is 16.3 Å². The number of aromatic amines is 1. The fraction of sp³-hybridized carbons (Fsp3) is 0.263. The van der Waals surface area contributed by atoms with Crippen LogP contribution in [0.15, 0.2) is 40.2 Å². The number of benzene rings is 1. The van der Waals surface area contributed by atoms with Gasteiger partial charge in [-0.15, -0.1) is 0 Å². The van der Waals surface area contributed by atoms with E-state index in [0.717, 1.165) is 11.8 Å². The van der Waals surface area contributed by atoms with Crippen LogP contribution in [0.4, 0.5) is 5.69 Å². The van der Waals surface area contributed by atoms with Crippen LogP contribution in [0.25, 0.3) is 0 Å². The number of nitrogens with zero attached hydrogens (tertiary/aromatic N) is 1. The van der Waals surface area contributed by atoms with Crippen LogP contribution >= 0.6 is 11.8 Å². The molecule has 0 unspecified atom stereocenters. The van der Waals surface area contributed by atoms with Gasteiger partial charge in [-0.2, -0.15) is 5.26 Å². The minimum atomic E-state index is -1.04. The van der Waals surface area contributed by atoms with E-state index in [1.165, 1.54) is 20.1 Å². The van der Waals surface area contributed by atoms with Gasteiger partial charge >= 0.3 is 5.97 Å². The molecule has 1 atom stereocenters. The first-order valence-electron chi connectivity index (χ1n) is 8.26. The van der Waals surface area contributed by atoms with Gasteiger partial charge in [0.25, 0.3) is 5.91 Å². The predicted molar refractivity (Wildman–Crippen MR) is 104 cm³/mol. The van der Waals surface area contributed by atoms with Crippen molar-refractivity contribution in [2.45, 2.75) is 25.0 Å². The summed E-state index contributed by atoms with van der Waals surface area (Å²) in [5.41, 5.74) is 0.909. The van der Waals surface area contributed by atoms with Crippen molar-refractivity contribution in [2.24, 2.45) is 0 Å². The summed E-state index contributed by atoms with van der Waals surface area (Å²) < 4.78 is 10.3. The number of ether oxygens (including phenoxy) is 2. The highest BCUT2D eigenvalue weighted by Gasteiger charge is 2.20. The molecule has 0 saturated heterocycles. The second-order valence-corrected chi connectivity index (χ2v) is 6.73. The first-order chi connectivity index (χ1) is 13.3. The average Bonchev–Trinajstić information content (AvgIpc) is 2.66. The second-order valence-electron chi connectivity index (χ2n) is 5.74. The largest absolute Gasteiger partial charge is 0.495 e. The molecule has 1 amide bonds. The quantitative estimate of drug-likeness (QED) is 0.539. The Balaban J connectivity index is 1.95. The van der Waals surface area contributed by atoms with Crippen LogP contribution in [0.1, 0.15) is 18.1 Å². The van der Waals surface area contributed by atoms with Crippen LogP contribution in [-0.2, 0) is 14.3 Å². The number of aromatic nitrogens is 1. The summed E-state index contributed by atoms with van der Waals surface area (Å²) in [7, 11) is 1.48. The van der Waals surface area contributed by atoms with E-state index in [0.29, 0.717) is 22.6 Å². The highest BCUT2D eigenvalue weighted by molar-refractivity contribution is 7.99. The van der Waals surface area contributed by atoms with E-state index in [1.54, 1.807) is 31.2 Å². The standard InChI is InChI=1S/C19H19N3O5S/c1-11-8-16(23)22-19(13(11)9-20)28-10-17(24)27-12(2)18(25)21-14-6-4-5-7-15(14)26-3/h4-8,12H,10H2,1-3H3,(H,21,25)(H,22,23)/t12-/m1/s1. The first kappa shape index (κ1) is 21.1. The summed E-state index contributed by atoms with van der Waals surface area (Å²) in [6.07, 6.45) is -1.04. The molecule has 2 N–H and O–H groups in total. The lowest BCUT2D eigenvalue weighted by molar-refractivity contribution is -0.150. The summed E-state index contributed by atoms with van der Waals surface area (Å²) in [5, 5.41) is 12.1. The zero-order valence-corrected chi connectivity index (χ0v) is 16.4. The van der Waals surface area contributed by atoms with Gasteiger partial charge in [-0.25, -0.2) is 0 Å². The third-order valence-corrected chi connectivity index (χ3v) is 4.67. The SMILES string of the molecule is COc1ccccc1NC(=O)[C@@H](C)OC(=O)CSc1[nH]c(=O)cc(C)c1C#N. The summed E-state index contributed by atoms with van der Waals surface area (Å²) in [6, 6.07) is 10.2. The molecular weight excluding hydrogens is 382 g/mol. The zero-order chi connectivity index (χ0) is 20.7. The molecular formula is C19H19N3O5S. The smallest absolute Gasteiger partial charge is 0.317 e. The van der Waals surface area contributed by atoms with Crippen molar-refractivity contribution in [3.8, 4) is 11.8 Å². The number of nitrogens with one attached hydrogen (secondary N) is 2. The molecule has 8 nitrogen and oxygen atoms in total. The van der Waals surface area contributed by atoms with Crippen LogP contribution in [0.2, 0.25) is 0 Å². The third kappa shape index (κ3) is 5.37. The molecule has 2 rings (SSSR count). The number of thioether (sulfide) groups is 1. The molecule has 0 aliphatic heterocycles. The molecule has 0 fully saturated rings. The van der Waals surface area contributed by atoms with E-state index in [1.807, 2.05) is 6.07 Å². The number of aryl methyl sites for hydroxylation is 1. The number of esters is 1. The Hall–Kier alpha value is -3.25. The molecule has 0 aliphatic rings. The van der Waals surface area contributed by atoms with Crippen molar-refractivity contribution in [3.05, 3.63) is 51.8 Å². The number of hydrogen-bond acceptors (Lipinski definition) is 7. The maximum atomic E-state index is 12.2. The number of pyridine rings is 1. The Kier molecular flexibility index (Phi) is 7.23. The van der Waals surface area contributed by atoms with Crippen molar-refractivity contribution in [2.75, 3.05) is 18.2 Å². The van der Waals surface area contributed by atoms with Crippen LogP contribution in [0.5, 0.6) is 5.75 Å². The minimum absolute atomic E-state index is 0.166. The number of carbonyl (C=O) groups is 2. The van der Waals surface area contributed by atoms with E-state index in [2.05, 4.69) is 10.3 Å². The van der Waals surface area contributed by atoms with Crippen LogP contribution in [0.3, 0.4) is 0 Å². The highest BCUT2D eigenvalue weighted by atomic mass is 32.2. The van der Waals surface area contributed by atoms with Crippen LogP contribution in [-0.4, -0.2) is 35.8 Å². The number of methoxy groups -OCH3 is 1. The number of carbonyl (C=O) groups excluding carboxylic acids is 2. The second kappa shape index (κ2) is 9.62. The number of anilines is 1. The van der Waals surface area contributed by atoms with Gasteiger partial charge in [0, 0.05) is 6.07 Å². The molecule has 1 aromatic carbocycles. The van der Waals surface area contributed by atoms with Crippen LogP contribution < -0.4 is 15.6 Å².